The molecule has 0 aliphatic carbocycles. The monoisotopic (exact) mass is 263 g/mol. The SMILES string of the molecule is COc1ccc(C(=O)O)c(N2C(=O)CCCC2=O)c1. The maximum absolute atomic E-state index is 11.9. The van der Waals surface area contributed by atoms with Crippen molar-refractivity contribution in [1.29, 1.82) is 0 Å². The van der Waals surface area contributed by atoms with Crippen LogP contribution in [0, 0.1) is 0 Å². The summed E-state index contributed by atoms with van der Waals surface area (Å²) in [5.41, 5.74) is -0.0223. The molecule has 0 unspecified atom stereocenters. The fraction of sp³-hybridized carbons (Fsp3) is 0.308. The maximum atomic E-state index is 11.9. The number of carbonyl (C=O) groups is 3. The minimum Gasteiger partial charge on any atom is -0.497 e. The first-order chi connectivity index (χ1) is 9.04. The van der Waals surface area contributed by atoms with E-state index in [4.69, 9.17) is 9.84 Å². The topological polar surface area (TPSA) is 83.9 Å². The molecule has 1 aliphatic heterocycles. The summed E-state index contributed by atoms with van der Waals surface area (Å²) < 4.78 is 5.01. The third-order valence-corrected chi connectivity index (χ3v) is 2.96. The Hall–Kier alpha value is -2.37. The van der Waals surface area contributed by atoms with E-state index >= 15 is 0 Å². The van der Waals surface area contributed by atoms with Crippen LogP contribution in [0.4, 0.5) is 5.69 Å². The van der Waals surface area contributed by atoms with Gasteiger partial charge in [-0.15, -0.1) is 0 Å². The lowest BCUT2D eigenvalue weighted by Crippen LogP contribution is -2.41. The first-order valence-electron chi connectivity index (χ1n) is 5.81. The molecule has 1 heterocycles. The van der Waals surface area contributed by atoms with Crippen molar-refractivity contribution in [3.8, 4) is 5.75 Å². The molecule has 19 heavy (non-hydrogen) atoms. The number of aromatic carboxylic acids is 1. The largest absolute Gasteiger partial charge is 0.497 e. The number of rotatable bonds is 3. The van der Waals surface area contributed by atoms with Crippen LogP contribution in [-0.4, -0.2) is 30.0 Å². The van der Waals surface area contributed by atoms with Crippen LogP contribution in [0.2, 0.25) is 0 Å². The molecule has 1 aromatic carbocycles. The molecule has 0 atom stereocenters. The summed E-state index contributed by atoms with van der Waals surface area (Å²) >= 11 is 0. The third kappa shape index (κ3) is 2.42. The zero-order valence-electron chi connectivity index (χ0n) is 10.4. The molecule has 0 bridgehead atoms. The number of methoxy groups -OCH3 is 1. The number of piperidine rings is 1. The molecule has 1 fully saturated rings. The molecule has 100 valence electrons. The summed E-state index contributed by atoms with van der Waals surface area (Å²) in [6.45, 7) is 0. The van der Waals surface area contributed by atoms with Crippen LogP contribution in [0.5, 0.6) is 5.75 Å². The number of nitrogens with zero attached hydrogens (tertiary/aromatic N) is 1. The highest BCUT2D eigenvalue weighted by molar-refractivity contribution is 6.18. The Labute approximate surface area is 109 Å². The number of ether oxygens (including phenoxy) is 1. The van der Waals surface area contributed by atoms with E-state index < -0.39 is 5.97 Å². The van der Waals surface area contributed by atoms with Gasteiger partial charge in [0.25, 0.3) is 0 Å². The van der Waals surface area contributed by atoms with Gasteiger partial charge in [0.15, 0.2) is 0 Å². The van der Waals surface area contributed by atoms with E-state index in [0.717, 1.165) is 4.90 Å². The van der Waals surface area contributed by atoms with E-state index in [1.54, 1.807) is 0 Å². The smallest absolute Gasteiger partial charge is 0.337 e. The van der Waals surface area contributed by atoms with Crippen LogP contribution in [0.15, 0.2) is 18.2 Å². The number of amides is 2. The average Bonchev–Trinajstić information content (AvgIpc) is 2.38. The molecular formula is C13H13NO5. The Morgan fingerprint density at radius 1 is 1.26 bits per heavy atom. The highest BCUT2D eigenvalue weighted by Gasteiger charge is 2.30. The van der Waals surface area contributed by atoms with Crippen LogP contribution in [0.1, 0.15) is 29.6 Å². The van der Waals surface area contributed by atoms with E-state index in [-0.39, 0.29) is 35.9 Å². The number of carbonyl (C=O) groups excluding carboxylic acids is 2. The summed E-state index contributed by atoms with van der Waals surface area (Å²) in [6, 6.07) is 4.20. The summed E-state index contributed by atoms with van der Waals surface area (Å²) in [7, 11) is 1.43. The van der Waals surface area contributed by atoms with Gasteiger partial charge in [0.1, 0.15) is 5.75 Å². The molecule has 0 spiro atoms. The van der Waals surface area contributed by atoms with Gasteiger partial charge in [0, 0.05) is 18.9 Å². The van der Waals surface area contributed by atoms with Crippen molar-refractivity contribution in [1.82, 2.24) is 0 Å². The Morgan fingerprint density at radius 3 is 2.42 bits per heavy atom. The van der Waals surface area contributed by atoms with Gasteiger partial charge in [-0.3, -0.25) is 9.59 Å². The number of hydrogen-bond donors (Lipinski definition) is 1. The van der Waals surface area contributed by atoms with Crippen molar-refractivity contribution in [2.45, 2.75) is 19.3 Å². The van der Waals surface area contributed by atoms with Crippen molar-refractivity contribution in [3.05, 3.63) is 23.8 Å². The van der Waals surface area contributed by atoms with E-state index in [2.05, 4.69) is 0 Å². The number of anilines is 1. The second kappa shape index (κ2) is 5.09. The van der Waals surface area contributed by atoms with Crippen molar-refractivity contribution in [3.63, 3.8) is 0 Å². The fourth-order valence-electron chi connectivity index (χ4n) is 2.03. The second-order valence-corrected chi connectivity index (χ2v) is 4.16. The molecule has 0 aromatic heterocycles. The maximum Gasteiger partial charge on any atom is 0.337 e. The van der Waals surface area contributed by atoms with Gasteiger partial charge in [-0.05, 0) is 18.6 Å². The Bertz CT molecular complexity index is 536. The summed E-state index contributed by atoms with van der Waals surface area (Å²) in [6.07, 6.45) is 0.977. The Morgan fingerprint density at radius 2 is 1.89 bits per heavy atom. The van der Waals surface area contributed by atoms with Crippen molar-refractivity contribution in [2.24, 2.45) is 0 Å². The van der Waals surface area contributed by atoms with Gasteiger partial charge in [-0.25, -0.2) is 9.69 Å². The highest BCUT2D eigenvalue weighted by atomic mass is 16.5. The molecule has 6 heteroatoms. The molecule has 1 aromatic rings. The molecule has 0 saturated carbocycles. The second-order valence-electron chi connectivity index (χ2n) is 4.16. The predicted molar refractivity (Wildman–Crippen MR) is 66.3 cm³/mol. The predicted octanol–water partition coefficient (Wildman–Crippen LogP) is 1.44. The lowest BCUT2D eigenvalue weighted by molar-refractivity contribution is -0.129. The van der Waals surface area contributed by atoms with Crippen LogP contribution in [0.3, 0.4) is 0 Å². The highest BCUT2D eigenvalue weighted by Crippen LogP contribution is 2.29. The molecular weight excluding hydrogens is 250 g/mol. The summed E-state index contributed by atoms with van der Waals surface area (Å²) in [5.74, 6) is -1.56. The number of carboxylic acids is 1. The zero-order valence-corrected chi connectivity index (χ0v) is 10.4. The minimum absolute atomic E-state index is 0.0709. The van der Waals surface area contributed by atoms with Gasteiger partial charge >= 0.3 is 5.97 Å². The van der Waals surface area contributed by atoms with Crippen LogP contribution in [0.25, 0.3) is 0 Å². The lowest BCUT2D eigenvalue weighted by Gasteiger charge is -2.26. The molecule has 1 saturated heterocycles. The first-order valence-corrected chi connectivity index (χ1v) is 5.81. The average molecular weight is 263 g/mol. The van der Waals surface area contributed by atoms with Crippen molar-refractivity contribution < 1.29 is 24.2 Å². The van der Waals surface area contributed by atoms with Gasteiger partial charge in [-0.2, -0.15) is 0 Å². The van der Waals surface area contributed by atoms with Crippen molar-refractivity contribution >= 4 is 23.5 Å². The normalized spacial score (nSPS) is 15.5. The van der Waals surface area contributed by atoms with Gasteiger partial charge in [0.2, 0.25) is 11.8 Å². The number of imide groups is 1. The minimum atomic E-state index is -1.19. The van der Waals surface area contributed by atoms with Crippen molar-refractivity contribution in [2.75, 3.05) is 12.0 Å². The van der Waals surface area contributed by atoms with E-state index in [1.807, 2.05) is 0 Å². The lowest BCUT2D eigenvalue weighted by atomic mass is 10.1. The number of hydrogen-bond acceptors (Lipinski definition) is 4. The zero-order chi connectivity index (χ0) is 14.0. The molecule has 1 N–H and O–H groups in total. The number of carboxylic acid groups (broad SMARTS) is 1. The molecule has 2 rings (SSSR count). The Kier molecular flexibility index (Phi) is 3.50. The summed E-state index contributed by atoms with van der Waals surface area (Å²) in [5, 5.41) is 9.14. The van der Waals surface area contributed by atoms with E-state index in [9.17, 15) is 14.4 Å². The first kappa shape index (κ1) is 13.1. The van der Waals surface area contributed by atoms with Crippen LogP contribution < -0.4 is 9.64 Å². The molecule has 2 amide bonds. The van der Waals surface area contributed by atoms with Crippen LogP contribution in [-0.2, 0) is 9.59 Å². The summed E-state index contributed by atoms with van der Waals surface area (Å²) in [4.78, 5) is 35.8. The van der Waals surface area contributed by atoms with Gasteiger partial charge in [-0.1, -0.05) is 0 Å². The van der Waals surface area contributed by atoms with Gasteiger partial charge < -0.3 is 9.84 Å². The standard InChI is InChI=1S/C13H13NO5/c1-19-8-5-6-9(13(17)18)10(7-8)14-11(15)3-2-4-12(14)16/h5-7H,2-4H2,1H3,(H,17,18). The van der Waals surface area contributed by atoms with E-state index in [0.29, 0.717) is 12.2 Å². The van der Waals surface area contributed by atoms with E-state index in [1.165, 1.54) is 25.3 Å². The Balaban J connectivity index is 2.54. The van der Waals surface area contributed by atoms with Crippen LogP contribution >= 0.6 is 0 Å². The molecule has 1 aliphatic rings. The fourth-order valence-corrected chi connectivity index (χ4v) is 2.03. The number of benzene rings is 1. The quantitative estimate of drug-likeness (QED) is 0.834. The third-order valence-electron chi connectivity index (χ3n) is 2.96. The molecule has 0 radical (unpaired) electrons. The van der Waals surface area contributed by atoms with Gasteiger partial charge in [0.05, 0.1) is 18.4 Å². The molecule has 6 nitrogen and oxygen atoms in total.